The summed E-state index contributed by atoms with van der Waals surface area (Å²) in [5.74, 6) is 0. The molecule has 0 unspecified atom stereocenters. The molecule has 0 N–H and O–H groups in total. The Labute approximate surface area is 93.5 Å². The molecule has 3 nitrogen and oxygen atoms in total. The van der Waals surface area contributed by atoms with Gasteiger partial charge in [-0.15, -0.1) is 11.3 Å². The van der Waals surface area contributed by atoms with Gasteiger partial charge >= 0.3 is 0 Å². The zero-order chi connectivity index (χ0) is 9.97. The lowest BCUT2D eigenvalue weighted by atomic mass is 10.4. The number of aryl methyl sites for hydroxylation is 1. The second kappa shape index (κ2) is 4.23. The van der Waals surface area contributed by atoms with Crippen molar-refractivity contribution in [2.24, 2.45) is 0 Å². The van der Waals surface area contributed by atoms with E-state index in [2.05, 4.69) is 20.9 Å². The summed E-state index contributed by atoms with van der Waals surface area (Å²) in [7, 11) is 0. The largest absolute Gasteiger partial charge is 0.299 e. The Morgan fingerprint density at radius 2 is 2.43 bits per heavy atom. The minimum atomic E-state index is 0.0669. The molecule has 0 spiro atoms. The molecule has 0 saturated heterocycles. The minimum Gasteiger partial charge on any atom is -0.299 e. The molecule has 0 saturated carbocycles. The van der Waals surface area contributed by atoms with Crippen LogP contribution in [0.4, 0.5) is 0 Å². The zero-order valence-electron chi connectivity index (χ0n) is 7.44. The summed E-state index contributed by atoms with van der Waals surface area (Å²) in [5.41, 5.74) is 0.0669. The molecule has 0 radical (unpaired) electrons. The van der Waals surface area contributed by atoms with Gasteiger partial charge in [0.2, 0.25) is 0 Å². The van der Waals surface area contributed by atoms with E-state index in [1.165, 1.54) is 11.3 Å². The fraction of sp³-hybridized carbons (Fsp3) is 0.333. The summed E-state index contributed by atoms with van der Waals surface area (Å²) in [6, 6.07) is 1.83. The zero-order valence-corrected chi connectivity index (χ0v) is 9.84. The number of hydrogen-bond donors (Lipinski definition) is 0. The van der Waals surface area contributed by atoms with Crippen LogP contribution in [0.3, 0.4) is 0 Å². The van der Waals surface area contributed by atoms with Gasteiger partial charge in [0.05, 0.1) is 11.7 Å². The van der Waals surface area contributed by atoms with Crippen LogP contribution in [0.2, 0.25) is 0 Å². The Kier molecular flexibility index (Phi) is 2.98. The van der Waals surface area contributed by atoms with E-state index < -0.39 is 0 Å². The number of aromatic nitrogens is 2. The van der Waals surface area contributed by atoms with Crippen molar-refractivity contribution >= 4 is 37.5 Å². The highest BCUT2D eigenvalue weighted by molar-refractivity contribution is 9.09. The van der Waals surface area contributed by atoms with Crippen LogP contribution in [-0.2, 0) is 6.54 Å². The lowest BCUT2D eigenvalue weighted by molar-refractivity contribution is 0.654. The predicted octanol–water partition coefficient (Wildman–Crippen LogP) is 2.24. The number of halogens is 1. The van der Waals surface area contributed by atoms with Gasteiger partial charge in [0, 0.05) is 11.9 Å². The standard InChI is InChI=1S/C9H9BrN2OS/c10-3-1-4-12-6-11-8-7(9(12)13)2-5-14-8/h2,5-6H,1,3-4H2. The van der Waals surface area contributed by atoms with Crippen LogP contribution in [0.1, 0.15) is 6.42 Å². The lowest BCUT2D eigenvalue weighted by Gasteiger charge is -2.02. The second-order valence-electron chi connectivity index (χ2n) is 2.93. The van der Waals surface area contributed by atoms with Gasteiger partial charge in [0.25, 0.3) is 5.56 Å². The van der Waals surface area contributed by atoms with E-state index >= 15 is 0 Å². The maximum absolute atomic E-state index is 11.8. The monoisotopic (exact) mass is 272 g/mol. The molecule has 2 heterocycles. The van der Waals surface area contributed by atoms with Gasteiger partial charge in [0.15, 0.2) is 0 Å². The van der Waals surface area contributed by atoms with E-state index in [0.717, 1.165) is 28.5 Å². The molecule has 74 valence electrons. The van der Waals surface area contributed by atoms with E-state index in [0.29, 0.717) is 0 Å². The highest BCUT2D eigenvalue weighted by Crippen LogP contribution is 2.13. The average molecular weight is 273 g/mol. The number of rotatable bonds is 3. The first-order valence-corrected chi connectivity index (χ1v) is 6.31. The number of fused-ring (bicyclic) bond motifs is 1. The van der Waals surface area contributed by atoms with Crippen molar-refractivity contribution < 1.29 is 0 Å². The third-order valence-electron chi connectivity index (χ3n) is 1.98. The van der Waals surface area contributed by atoms with Crippen LogP contribution in [0, 0.1) is 0 Å². The molecular weight excluding hydrogens is 264 g/mol. The first-order chi connectivity index (χ1) is 6.83. The molecule has 0 fully saturated rings. The molecule has 0 aliphatic carbocycles. The SMILES string of the molecule is O=c1c2ccsc2ncn1CCCBr. The van der Waals surface area contributed by atoms with Crippen molar-refractivity contribution in [2.75, 3.05) is 5.33 Å². The lowest BCUT2D eigenvalue weighted by Crippen LogP contribution is -2.20. The Hall–Kier alpha value is -0.680. The minimum absolute atomic E-state index is 0.0669. The van der Waals surface area contributed by atoms with Gasteiger partial charge in [-0.2, -0.15) is 0 Å². The summed E-state index contributed by atoms with van der Waals surface area (Å²) in [5, 5.41) is 3.53. The van der Waals surface area contributed by atoms with Crippen molar-refractivity contribution in [3.63, 3.8) is 0 Å². The molecule has 2 aromatic rings. The maximum atomic E-state index is 11.8. The average Bonchev–Trinajstić information content (AvgIpc) is 2.66. The molecule has 0 aliphatic rings. The van der Waals surface area contributed by atoms with E-state index in [1.807, 2.05) is 11.4 Å². The van der Waals surface area contributed by atoms with E-state index in [9.17, 15) is 4.79 Å². The van der Waals surface area contributed by atoms with Crippen LogP contribution in [0.5, 0.6) is 0 Å². The van der Waals surface area contributed by atoms with Gasteiger partial charge in [-0.1, -0.05) is 15.9 Å². The van der Waals surface area contributed by atoms with E-state index in [-0.39, 0.29) is 5.56 Å². The van der Waals surface area contributed by atoms with Gasteiger partial charge < -0.3 is 0 Å². The maximum Gasteiger partial charge on any atom is 0.262 e. The molecule has 0 atom stereocenters. The Morgan fingerprint density at radius 1 is 1.57 bits per heavy atom. The highest BCUT2D eigenvalue weighted by atomic mass is 79.9. The summed E-state index contributed by atoms with van der Waals surface area (Å²) < 4.78 is 1.66. The smallest absolute Gasteiger partial charge is 0.262 e. The van der Waals surface area contributed by atoms with E-state index in [4.69, 9.17) is 0 Å². The van der Waals surface area contributed by atoms with Gasteiger partial charge in [-0.3, -0.25) is 9.36 Å². The topological polar surface area (TPSA) is 34.9 Å². The molecule has 14 heavy (non-hydrogen) atoms. The summed E-state index contributed by atoms with van der Waals surface area (Å²) in [6.45, 7) is 0.725. The van der Waals surface area contributed by atoms with Gasteiger partial charge in [-0.05, 0) is 17.9 Å². The second-order valence-corrected chi connectivity index (χ2v) is 4.61. The quantitative estimate of drug-likeness (QED) is 0.804. The van der Waals surface area contributed by atoms with Crippen LogP contribution in [0.15, 0.2) is 22.6 Å². The normalized spacial score (nSPS) is 10.9. The fourth-order valence-corrected chi connectivity index (χ4v) is 2.26. The van der Waals surface area contributed by atoms with E-state index in [1.54, 1.807) is 10.9 Å². The van der Waals surface area contributed by atoms with Crippen molar-refractivity contribution in [1.82, 2.24) is 9.55 Å². The van der Waals surface area contributed by atoms with Crippen molar-refractivity contribution in [3.05, 3.63) is 28.1 Å². The number of alkyl halides is 1. The first-order valence-electron chi connectivity index (χ1n) is 4.31. The third kappa shape index (κ3) is 1.74. The fourth-order valence-electron chi connectivity index (χ4n) is 1.28. The number of nitrogens with zero attached hydrogens (tertiary/aromatic N) is 2. The molecule has 0 aromatic carbocycles. The van der Waals surface area contributed by atoms with Crippen molar-refractivity contribution in [2.45, 2.75) is 13.0 Å². The van der Waals surface area contributed by atoms with Crippen LogP contribution >= 0.6 is 27.3 Å². The summed E-state index contributed by atoms with van der Waals surface area (Å²) in [4.78, 5) is 16.9. The summed E-state index contributed by atoms with van der Waals surface area (Å²) in [6.07, 6.45) is 2.57. The molecular formula is C9H9BrN2OS. The van der Waals surface area contributed by atoms with Gasteiger partial charge in [0.1, 0.15) is 4.83 Å². The van der Waals surface area contributed by atoms with Crippen LogP contribution in [0.25, 0.3) is 10.2 Å². The Bertz CT molecular complexity index is 491. The van der Waals surface area contributed by atoms with Crippen molar-refractivity contribution in [3.8, 4) is 0 Å². The number of hydrogen-bond acceptors (Lipinski definition) is 3. The third-order valence-corrected chi connectivity index (χ3v) is 3.36. The first kappa shape index (κ1) is 9.86. The molecule has 5 heteroatoms. The number of thiophene rings is 1. The van der Waals surface area contributed by atoms with Crippen LogP contribution in [-0.4, -0.2) is 14.9 Å². The van der Waals surface area contributed by atoms with Crippen LogP contribution < -0.4 is 5.56 Å². The van der Waals surface area contributed by atoms with Gasteiger partial charge in [-0.25, -0.2) is 4.98 Å². The van der Waals surface area contributed by atoms with Crippen molar-refractivity contribution in [1.29, 1.82) is 0 Å². The predicted molar refractivity (Wildman–Crippen MR) is 62.3 cm³/mol. The molecule has 0 amide bonds. The summed E-state index contributed by atoms with van der Waals surface area (Å²) >= 11 is 4.84. The Morgan fingerprint density at radius 3 is 3.21 bits per heavy atom. The molecule has 0 bridgehead atoms. The molecule has 2 rings (SSSR count). The highest BCUT2D eigenvalue weighted by Gasteiger charge is 2.03. The Balaban J connectivity index is 2.46. The molecule has 2 aromatic heterocycles. The molecule has 0 aliphatic heterocycles.